The summed E-state index contributed by atoms with van der Waals surface area (Å²) in [5.74, 6) is 2.00. The van der Waals surface area contributed by atoms with Crippen LogP contribution >= 0.6 is 0 Å². The third-order valence-electron chi connectivity index (χ3n) is 3.73. The molecule has 0 amide bonds. The van der Waals surface area contributed by atoms with E-state index in [9.17, 15) is 0 Å². The molecule has 0 radical (unpaired) electrons. The summed E-state index contributed by atoms with van der Waals surface area (Å²) < 4.78 is 5.48. The van der Waals surface area contributed by atoms with Crippen LogP contribution in [0.5, 0.6) is 0 Å². The Bertz CT molecular complexity index is 549. The summed E-state index contributed by atoms with van der Waals surface area (Å²) in [6, 6.07) is 10.9. The SMILES string of the molecule is CCCNc1cccc(CN(Cc2ccco2)C2CC2)n1. The number of pyridine rings is 1. The highest BCUT2D eigenvalue weighted by atomic mass is 16.3. The molecule has 0 unspecified atom stereocenters. The molecule has 3 rings (SSSR count). The van der Waals surface area contributed by atoms with Crippen molar-refractivity contribution < 1.29 is 4.42 Å². The minimum atomic E-state index is 0.684. The maximum atomic E-state index is 5.48. The summed E-state index contributed by atoms with van der Waals surface area (Å²) >= 11 is 0. The Morgan fingerprint density at radius 1 is 1.24 bits per heavy atom. The van der Waals surface area contributed by atoms with Gasteiger partial charge in [-0.2, -0.15) is 0 Å². The van der Waals surface area contributed by atoms with E-state index in [1.54, 1.807) is 6.26 Å². The van der Waals surface area contributed by atoms with E-state index in [1.807, 2.05) is 18.2 Å². The van der Waals surface area contributed by atoms with Crippen molar-refractivity contribution in [3.8, 4) is 0 Å². The van der Waals surface area contributed by atoms with Crippen LogP contribution in [0.1, 0.15) is 37.6 Å². The molecule has 0 spiro atoms. The van der Waals surface area contributed by atoms with Crippen molar-refractivity contribution in [2.75, 3.05) is 11.9 Å². The lowest BCUT2D eigenvalue weighted by molar-refractivity contribution is 0.223. The number of anilines is 1. The fourth-order valence-electron chi connectivity index (χ4n) is 2.48. The van der Waals surface area contributed by atoms with Crippen LogP contribution in [0.25, 0.3) is 0 Å². The van der Waals surface area contributed by atoms with Gasteiger partial charge in [0.05, 0.1) is 18.5 Å². The molecule has 4 nitrogen and oxygen atoms in total. The molecular weight excluding hydrogens is 262 g/mol. The van der Waals surface area contributed by atoms with Gasteiger partial charge < -0.3 is 9.73 Å². The van der Waals surface area contributed by atoms with Gasteiger partial charge in [0.1, 0.15) is 11.6 Å². The van der Waals surface area contributed by atoms with E-state index in [2.05, 4.69) is 29.3 Å². The first kappa shape index (κ1) is 14.1. The van der Waals surface area contributed by atoms with Gasteiger partial charge in [-0.1, -0.05) is 13.0 Å². The lowest BCUT2D eigenvalue weighted by Crippen LogP contribution is -2.25. The molecule has 112 valence electrons. The predicted molar refractivity (Wildman–Crippen MR) is 84.0 cm³/mol. The van der Waals surface area contributed by atoms with E-state index in [0.29, 0.717) is 6.04 Å². The smallest absolute Gasteiger partial charge is 0.126 e. The molecule has 1 aliphatic carbocycles. The van der Waals surface area contributed by atoms with Gasteiger partial charge >= 0.3 is 0 Å². The molecule has 1 N–H and O–H groups in total. The molecule has 21 heavy (non-hydrogen) atoms. The van der Waals surface area contributed by atoms with Crippen molar-refractivity contribution in [1.82, 2.24) is 9.88 Å². The number of aromatic nitrogens is 1. The average Bonchev–Trinajstić information content (AvgIpc) is 3.23. The summed E-state index contributed by atoms with van der Waals surface area (Å²) in [7, 11) is 0. The fraction of sp³-hybridized carbons (Fsp3) is 0.471. The Hall–Kier alpha value is -1.81. The number of hydrogen-bond acceptors (Lipinski definition) is 4. The van der Waals surface area contributed by atoms with Crippen molar-refractivity contribution in [2.45, 2.75) is 45.3 Å². The van der Waals surface area contributed by atoms with Crippen LogP contribution in [-0.4, -0.2) is 22.5 Å². The van der Waals surface area contributed by atoms with Crippen LogP contribution in [0.3, 0.4) is 0 Å². The maximum absolute atomic E-state index is 5.48. The highest BCUT2D eigenvalue weighted by Gasteiger charge is 2.29. The molecule has 1 aliphatic rings. The quantitative estimate of drug-likeness (QED) is 0.803. The van der Waals surface area contributed by atoms with Crippen molar-refractivity contribution in [2.24, 2.45) is 0 Å². The third-order valence-corrected chi connectivity index (χ3v) is 3.73. The standard InChI is InChI=1S/C17H23N3O/c1-2-10-18-17-7-3-5-14(19-17)12-20(15-8-9-15)13-16-6-4-11-21-16/h3-7,11,15H,2,8-10,12-13H2,1H3,(H,18,19). The molecule has 0 bridgehead atoms. The number of hydrogen-bond donors (Lipinski definition) is 1. The molecule has 0 aromatic carbocycles. The first-order valence-electron chi connectivity index (χ1n) is 7.81. The molecule has 2 heterocycles. The molecule has 1 fully saturated rings. The van der Waals surface area contributed by atoms with Gasteiger partial charge in [0, 0.05) is 19.1 Å². The van der Waals surface area contributed by atoms with Crippen LogP contribution in [0.4, 0.5) is 5.82 Å². The van der Waals surface area contributed by atoms with Crippen LogP contribution in [-0.2, 0) is 13.1 Å². The second-order valence-electron chi connectivity index (χ2n) is 5.66. The van der Waals surface area contributed by atoms with E-state index >= 15 is 0 Å². The van der Waals surface area contributed by atoms with Crippen molar-refractivity contribution >= 4 is 5.82 Å². The summed E-state index contributed by atoms with van der Waals surface area (Å²) in [6.07, 6.45) is 5.43. The molecule has 0 saturated heterocycles. The summed E-state index contributed by atoms with van der Waals surface area (Å²) in [5, 5.41) is 3.35. The van der Waals surface area contributed by atoms with Gasteiger partial charge in [-0.3, -0.25) is 4.90 Å². The van der Waals surface area contributed by atoms with Crippen molar-refractivity contribution in [1.29, 1.82) is 0 Å². The summed E-state index contributed by atoms with van der Waals surface area (Å²) in [6.45, 7) is 4.88. The van der Waals surface area contributed by atoms with Gasteiger partial charge in [0.15, 0.2) is 0 Å². The Balaban J connectivity index is 1.65. The minimum Gasteiger partial charge on any atom is -0.468 e. The summed E-state index contributed by atoms with van der Waals surface area (Å²) in [4.78, 5) is 7.17. The molecule has 4 heteroatoms. The lowest BCUT2D eigenvalue weighted by Gasteiger charge is -2.20. The zero-order valence-electron chi connectivity index (χ0n) is 12.6. The number of nitrogens with zero attached hydrogens (tertiary/aromatic N) is 2. The normalized spacial score (nSPS) is 14.6. The molecule has 2 aromatic rings. The number of nitrogens with one attached hydrogen (secondary N) is 1. The molecule has 1 saturated carbocycles. The predicted octanol–water partition coefficient (Wildman–Crippen LogP) is 3.66. The lowest BCUT2D eigenvalue weighted by atomic mass is 10.3. The second kappa shape index (κ2) is 6.76. The zero-order valence-corrected chi connectivity index (χ0v) is 12.6. The molecule has 0 atom stereocenters. The molecule has 2 aromatic heterocycles. The van der Waals surface area contributed by atoms with E-state index in [-0.39, 0.29) is 0 Å². The van der Waals surface area contributed by atoms with Crippen LogP contribution in [0.2, 0.25) is 0 Å². The topological polar surface area (TPSA) is 41.3 Å². The van der Waals surface area contributed by atoms with E-state index in [1.165, 1.54) is 12.8 Å². The number of rotatable bonds is 8. The highest BCUT2D eigenvalue weighted by molar-refractivity contribution is 5.35. The van der Waals surface area contributed by atoms with E-state index in [4.69, 9.17) is 9.40 Å². The number of furan rings is 1. The average molecular weight is 285 g/mol. The highest BCUT2D eigenvalue weighted by Crippen LogP contribution is 2.29. The Morgan fingerprint density at radius 2 is 2.14 bits per heavy atom. The molecule has 0 aliphatic heterocycles. The van der Waals surface area contributed by atoms with Crippen LogP contribution in [0, 0.1) is 0 Å². The first-order valence-corrected chi connectivity index (χ1v) is 7.81. The van der Waals surface area contributed by atoms with Gasteiger partial charge in [-0.15, -0.1) is 0 Å². The Morgan fingerprint density at radius 3 is 2.86 bits per heavy atom. The first-order chi connectivity index (χ1) is 10.3. The summed E-state index contributed by atoms with van der Waals surface area (Å²) in [5.41, 5.74) is 1.12. The zero-order chi connectivity index (χ0) is 14.5. The van der Waals surface area contributed by atoms with E-state index in [0.717, 1.165) is 43.3 Å². The second-order valence-corrected chi connectivity index (χ2v) is 5.66. The van der Waals surface area contributed by atoms with Crippen LogP contribution < -0.4 is 5.32 Å². The molecular formula is C17H23N3O. The van der Waals surface area contributed by atoms with Gasteiger partial charge in [0.2, 0.25) is 0 Å². The monoisotopic (exact) mass is 285 g/mol. The van der Waals surface area contributed by atoms with Gasteiger partial charge in [0.25, 0.3) is 0 Å². The van der Waals surface area contributed by atoms with E-state index < -0.39 is 0 Å². The largest absolute Gasteiger partial charge is 0.468 e. The van der Waals surface area contributed by atoms with Gasteiger partial charge in [-0.25, -0.2) is 4.98 Å². The van der Waals surface area contributed by atoms with Crippen molar-refractivity contribution in [3.63, 3.8) is 0 Å². The Kier molecular flexibility index (Phi) is 4.55. The Labute approximate surface area is 126 Å². The van der Waals surface area contributed by atoms with Crippen LogP contribution in [0.15, 0.2) is 41.0 Å². The fourth-order valence-corrected chi connectivity index (χ4v) is 2.48. The minimum absolute atomic E-state index is 0.684. The maximum Gasteiger partial charge on any atom is 0.126 e. The van der Waals surface area contributed by atoms with Gasteiger partial charge in [-0.05, 0) is 43.5 Å². The van der Waals surface area contributed by atoms with Crippen molar-refractivity contribution in [3.05, 3.63) is 48.0 Å². The third kappa shape index (κ3) is 4.08.